The number of rotatable bonds is 4. The van der Waals surface area contributed by atoms with Crippen LogP contribution in [0.4, 0.5) is 5.69 Å². The molecule has 2 N–H and O–H groups in total. The summed E-state index contributed by atoms with van der Waals surface area (Å²) in [7, 11) is 4.09. The molecule has 2 rings (SSSR count). The average Bonchev–Trinajstić information content (AvgIpc) is 2.95. The number of hydrogen-bond donors (Lipinski definition) is 1. The van der Waals surface area contributed by atoms with Gasteiger partial charge in [-0.25, -0.2) is 0 Å². The van der Waals surface area contributed by atoms with Crippen molar-refractivity contribution in [1.29, 1.82) is 0 Å². The van der Waals surface area contributed by atoms with Crippen LogP contribution in [-0.2, 0) is 6.42 Å². The molecule has 0 spiro atoms. The lowest BCUT2D eigenvalue weighted by atomic mass is 10.1. The number of nitrogens with zero attached hydrogens (tertiary/aromatic N) is 2. The highest BCUT2D eigenvalue weighted by Crippen LogP contribution is 2.36. The highest BCUT2D eigenvalue weighted by molar-refractivity contribution is 5.44. The van der Waals surface area contributed by atoms with Crippen LogP contribution in [0.5, 0.6) is 0 Å². The monoisotopic (exact) mass is 205 g/mol. The van der Waals surface area contributed by atoms with E-state index >= 15 is 0 Å². The highest BCUT2D eigenvalue weighted by atomic mass is 15.1. The average molecular weight is 205 g/mol. The van der Waals surface area contributed by atoms with Gasteiger partial charge in [0.2, 0.25) is 0 Å². The van der Waals surface area contributed by atoms with E-state index in [-0.39, 0.29) is 5.54 Å². The van der Waals surface area contributed by atoms with E-state index in [0.717, 1.165) is 18.5 Å². The zero-order valence-corrected chi connectivity index (χ0v) is 9.53. The predicted molar refractivity (Wildman–Crippen MR) is 63.0 cm³/mol. The van der Waals surface area contributed by atoms with E-state index in [4.69, 9.17) is 5.73 Å². The van der Waals surface area contributed by atoms with Crippen LogP contribution in [0.1, 0.15) is 25.0 Å². The van der Waals surface area contributed by atoms with Gasteiger partial charge < -0.3 is 10.6 Å². The number of aryl methyl sites for hydroxylation is 1. The van der Waals surface area contributed by atoms with Crippen LogP contribution in [0.3, 0.4) is 0 Å². The van der Waals surface area contributed by atoms with Gasteiger partial charge in [-0.15, -0.1) is 0 Å². The molecule has 1 aliphatic rings. The summed E-state index contributed by atoms with van der Waals surface area (Å²) in [6.45, 7) is 0. The fourth-order valence-electron chi connectivity index (χ4n) is 1.67. The molecule has 1 heterocycles. The fraction of sp³-hybridized carbons (Fsp3) is 0.583. The lowest BCUT2D eigenvalue weighted by Crippen LogP contribution is -2.22. The summed E-state index contributed by atoms with van der Waals surface area (Å²) in [5.41, 5.74) is 8.55. The SMILES string of the molecule is CN(C)c1ccnc(CCC2(N)CC2)c1. The number of aromatic nitrogens is 1. The van der Waals surface area contributed by atoms with Gasteiger partial charge in [0.15, 0.2) is 0 Å². The van der Waals surface area contributed by atoms with Crippen LogP contribution in [0, 0.1) is 0 Å². The Labute approximate surface area is 91.3 Å². The summed E-state index contributed by atoms with van der Waals surface area (Å²) in [5, 5.41) is 0. The van der Waals surface area contributed by atoms with E-state index in [1.165, 1.54) is 18.5 Å². The van der Waals surface area contributed by atoms with Crippen molar-refractivity contribution in [3.63, 3.8) is 0 Å². The minimum atomic E-state index is 0.135. The first kappa shape index (κ1) is 10.4. The second-order valence-electron chi connectivity index (χ2n) is 4.76. The summed E-state index contributed by atoms with van der Waals surface area (Å²) in [4.78, 5) is 6.47. The molecule has 0 bridgehead atoms. The molecule has 0 aromatic carbocycles. The molecule has 3 heteroatoms. The molecule has 15 heavy (non-hydrogen) atoms. The first-order valence-electron chi connectivity index (χ1n) is 5.50. The van der Waals surface area contributed by atoms with E-state index < -0.39 is 0 Å². The summed E-state index contributed by atoms with van der Waals surface area (Å²) in [6.07, 6.45) is 6.30. The quantitative estimate of drug-likeness (QED) is 0.811. The van der Waals surface area contributed by atoms with E-state index in [9.17, 15) is 0 Å². The number of hydrogen-bond acceptors (Lipinski definition) is 3. The lowest BCUT2D eigenvalue weighted by Gasteiger charge is -2.13. The molecule has 1 aliphatic carbocycles. The third kappa shape index (κ3) is 2.69. The van der Waals surface area contributed by atoms with Gasteiger partial charge in [0.1, 0.15) is 0 Å². The molecule has 0 atom stereocenters. The smallest absolute Gasteiger partial charge is 0.0424 e. The van der Waals surface area contributed by atoms with Crippen molar-refractivity contribution in [2.24, 2.45) is 5.73 Å². The Morgan fingerprint density at radius 3 is 2.80 bits per heavy atom. The van der Waals surface area contributed by atoms with Gasteiger partial charge in [0.25, 0.3) is 0 Å². The van der Waals surface area contributed by atoms with Gasteiger partial charge in [0.05, 0.1) is 0 Å². The first-order valence-corrected chi connectivity index (χ1v) is 5.50. The Bertz CT molecular complexity index is 342. The predicted octanol–water partition coefficient (Wildman–Crippen LogP) is 1.57. The molecule has 3 nitrogen and oxygen atoms in total. The van der Waals surface area contributed by atoms with Crippen molar-refractivity contribution in [3.05, 3.63) is 24.0 Å². The summed E-state index contributed by atoms with van der Waals surface area (Å²) in [5.74, 6) is 0. The van der Waals surface area contributed by atoms with E-state index in [0.29, 0.717) is 0 Å². The maximum absolute atomic E-state index is 6.05. The Hall–Kier alpha value is -1.09. The minimum absolute atomic E-state index is 0.135. The zero-order valence-electron chi connectivity index (χ0n) is 9.53. The number of pyridine rings is 1. The van der Waals surface area contributed by atoms with Gasteiger partial charge in [-0.2, -0.15) is 0 Å². The first-order chi connectivity index (χ1) is 7.09. The molecule has 0 saturated heterocycles. The minimum Gasteiger partial charge on any atom is -0.378 e. The van der Waals surface area contributed by atoms with Crippen molar-refractivity contribution in [3.8, 4) is 0 Å². The molecule has 0 unspecified atom stereocenters. The van der Waals surface area contributed by atoms with Crippen molar-refractivity contribution in [1.82, 2.24) is 4.98 Å². The summed E-state index contributed by atoms with van der Waals surface area (Å²) in [6, 6.07) is 4.17. The van der Waals surface area contributed by atoms with E-state index in [2.05, 4.69) is 16.0 Å². The van der Waals surface area contributed by atoms with Gasteiger partial charge in [-0.3, -0.25) is 4.98 Å². The molecule has 1 saturated carbocycles. The Morgan fingerprint density at radius 1 is 1.47 bits per heavy atom. The number of nitrogens with two attached hydrogens (primary N) is 1. The molecule has 0 amide bonds. The van der Waals surface area contributed by atoms with Gasteiger partial charge >= 0.3 is 0 Å². The van der Waals surface area contributed by atoms with Crippen LogP contribution in [0.15, 0.2) is 18.3 Å². The lowest BCUT2D eigenvalue weighted by molar-refractivity contribution is 0.603. The second kappa shape index (κ2) is 3.81. The zero-order chi connectivity index (χ0) is 10.9. The van der Waals surface area contributed by atoms with E-state index in [1.807, 2.05) is 26.4 Å². The normalized spacial score (nSPS) is 17.5. The van der Waals surface area contributed by atoms with Crippen LogP contribution in [-0.4, -0.2) is 24.6 Å². The van der Waals surface area contributed by atoms with Crippen LogP contribution in [0.25, 0.3) is 0 Å². The largest absolute Gasteiger partial charge is 0.378 e. The standard InChI is InChI=1S/C12H19N3/c1-15(2)11-4-8-14-10(9-11)3-5-12(13)6-7-12/h4,8-9H,3,5-7,13H2,1-2H3. The molecule has 82 valence electrons. The molecule has 1 fully saturated rings. The fourth-order valence-corrected chi connectivity index (χ4v) is 1.67. The van der Waals surface area contributed by atoms with Crippen LogP contribution >= 0.6 is 0 Å². The van der Waals surface area contributed by atoms with Gasteiger partial charge in [-0.1, -0.05) is 0 Å². The summed E-state index contributed by atoms with van der Waals surface area (Å²) < 4.78 is 0. The van der Waals surface area contributed by atoms with Crippen LogP contribution < -0.4 is 10.6 Å². The Kier molecular flexibility index (Phi) is 2.65. The third-order valence-corrected chi connectivity index (χ3v) is 3.09. The highest BCUT2D eigenvalue weighted by Gasteiger charge is 2.37. The molecular weight excluding hydrogens is 186 g/mol. The van der Waals surface area contributed by atoms with Gasteiger partial charge in [0, 0.05) is 37.2 Å². The topological polar surface area (TPSA) is 42.2 Å². The second-order valence-corrected chi connectivity index (χ2v) is 4.76. The van der Waals surface area contributed by atoms with Crippen molar-refractivity contribution >= 4 is 5.69 Å². The molecule has 0 aliphatic heterocycles. The molecule has 1 aromatic rings. The van der Waals surface area contributed by atoms with Crippen molar-refractivity contribution < 1.29 is 0 Å². The van der Waals surface area contributed by atoms with E-state index in [1.54, 1.807) is 0 Å². The van der Waals surface area contributed by atoms with Gasteiger partial charge in [-0.05, 0) is 37.8 Å². The third-order valence-electron chi connectivity index (χ3n) is 3.09. The molecule has 1 aromatic heterocycles. The maximum Gasteiger partial charge on any atom is 0.0424 e. The molecule has 0 radical (unpaired) electrons. The molecular formula is C12H19N3. The van der Waals surface area contributed by atoms with Crippen molar-refractivity contribution in [2.45, 2.75) is 31.2 Å². The Morgan fingerprint density at radius 2 is 2.20 bits per heavy atom. The maximum atomic E-state index is 6.05. The van der Waals surface area contributed by atoms with Crippen molar-refractivity contribution in [2.75, 3.05) is 19.0 Å². The number of anilines is 1. The van der Waals surface area contributed by atoms with Crippen LogP contribution in [0.2, 0.25) is 0 Å². The Balaban J connectivity index is 1.98. The summed E-state index contributed by atoms with van der Waals surface area (Å²) >= 11 is 0.